The van der Waals surface area contributed by atoms with Gasteiger partial charge >= 0.3 is 0 Å². The predicted molar refractivity (Wildman–Crippen MR) is 132 cm³/mol. The Balaban J connectivity index is 1.71. The van der Waals surface area contributed by atoms with E-state index >= 15 is 0 Å². The molecule has 4 rings (SSSR count). The lowest BCUT2D eigenvalue weighted by atomic mass is 9.95. The van der Waals surface area contributed by atoms with E-state index in [1.165, 1.54) is 18.2 Å². The third kappa shape index (κ3) is 5.24. The number of carbonyl (C=O) groups is 1. The van der Waals surface area contributed by atoms with Crippen LogP contribution in [0.4, 0.5) is 8.78 Å². The molecule has 1 atom stereocenters. The molecule has 35 heavy (non-hydrogen) atoms. The Morgan fingerprint density at radius 3 is 2.43 bits per heavy atom. The summed E-state index contributed by atoms with van der Waals surface area (Å²) in [6.07, 6.45) is 3.62. The summed E-state index contributed by atoms with van der Waals surface area (Å²) in [4.78, 5) is 13.3. The average molecular weight is 475 g/mol. The molecule has 0 saturated carbocycles. The number of halogens is 2. The molecular weight excluding hydrogens is 446 g/mol. The largest absolute Gasteiger partial charge is 0.346 e. The summed E-state index contributed by atoms with van der Waals surface area (Å²) in [5.74, 6) is -0.875. The Hall–Kier alpha value is -4.00. The fourth-order valence-corrected chi connectivity index (χ4v) is 4.17. The van der Waals surface area contributed by atoms with E-state index in [2.05, 4.69) is 5.32 Å². The standard InChI is InChI=1S/C28H28F2N4O/c1-17-12-24(29)6-7-25(17)22-13-20(16-34-10-9-33(4)28(34)31)14-23(15-22)27(35)32-19(3)21-5-8-26(30)18(2)11-21/h5-15,19,31H,16H2,1-4H3,(H,32,35)/t19-/m0/s1. The molecule has 4 aromatic rings. The van der Waals surface area contributed by atoms with Gasteiger partial charge in [-0.3, -0.25) is 10.2 Å². The van der Waals surface area contributed by atoms with Gasteiger partial charge < -0.3 is 14.5 Å². The van der Waals surface area contributed by atoms with Crippen LogP contribution < -0.4 is 10.9 Å². The minimum atomic E-state index is -0.329. The maximum absolute atomic E-state index is 13.7. The van der Waals surface area contributed by atoms with Gasteiger partial charge in [0.1, 0.15) is 11.6 Å². The normalized spacial score (nSPS) is 11.9. The first-order valence-corrected chi connectivity index (χ1v) is 11.4. The maximum atomic E-state index is 13.7. The van der Waals surface area contributed by atoms with Gasteiger partial charge in [-0.25, -0.2) is 8.78 Å². The number of aromatic nitrogens is 2. The molecule has 0 fully saturated rings. The highest BCUT2D eigenvalue weighted by Crippen LogP contribution is 2.27. The predicted octanol–water partition coefficient (Wildman–Crippen LogP) is 5.41. The smallest absolute Gasteiger partial charge is 0.251 e. The van der Waals surface area contributed by atoms with E-state index in [0.29, 0.717) is 23.3 Å². The fourth-order valence-electron chi connectivity index (χ4n) is 4.17. The van der Waals surface area contributed by atoms with E-state index in [-0.39, 0.29) is 23.6 Å². The average Bonchev–Trinajstić information content (AvgIpc) is 3.12. The molecule has 5 nitrogen and oxygen atoms in total. The first kappa shape index (κ1) is 24.1. The third-order valence-electron chi connectivity index (χ3n) is 6.21. The Kier molecular flexibility index (Phi) is 6.69. The van der Waals surface area contributed by atoms with E-state index in [4.69, 9.17) is 5.41 Å². The summed E-state index contributed by atoms with van der Waals surface area (Å²) in [6, 6.07) is 14.6. The molecule has 0 aliphatic heterocycles. The minimum Gasteiger partial charge on any atom is -0.346 e. The van der Waals surface area contributed by atoms with Gasteiger partial charge in [0.05, 0.1) is 12.6 Å². The van der Waals surface area contributed by atoms with E-state index in [0.717, 1.165) is 27.8 Å². The molecule has 0 unspecified atom stereocenters. The SMILES string of the molecule is Cc1cc([C@H](C)NC(=O)c2cc(Cn3ccn(C)c3=N)cc(-c3ccc(F)cc3C)c2)ccc1F. The first-order chi connectivity index (χ1) is 16.6. The van der Waals surface area contributed by atoms with Gasteiger partial charge in [0, 0.05) is 25.0 Å². The van der Waals surface area contributed by atoms with Crippen LogP contribution >= 0.6 is 0 Å². The number of rotatable bonds is 6. The molecule has 0 spiro atoms. The second kappa shape index (κ2) is 9.70. The van der Waals surface area contributed by atoms with Crippen LogP contribution in [0.5, 0.6) is 0 Å². The van der Waals surface area contributed by atoms with Crippen molar-refractivity contribution < 1.29 is 13.6 Å². The molecule has 0 saturated heterocycles. The molecule has 0 aliphatic carbocycles. The number of hydrogen-bond acceptors (Lipinski definition) is 2. The van der Waals surface area contributed by atoms with Gasteiger partial charge in [-0.05, 0) is 90.6 Å². The third-order valence-corrected chi connectivity index (χ3v) is 6.21. The van der Waals surface area contributed by atoms with Crippen molar-refractivity contribution in [1.82, 2.24) is 14.5 Å². The molecule has 1 amide bonds. The Labute approximate surface area is 203 Å². The van der Waals surface area contributed by atoms with Gasteiger partial charge in [0.25, 0.3) is 5.91 Å². The van der Waals surface area contributed by atoms with Crippen molar-refractivity contribution in [3.8, 4) is 11.1 Å². The van der Waals surface area contributed by atoms with Crippen LogP contribution in [0, 0.1) is 30.9 Å². The lowest BCUT2D eigenvalue weighted by Gasteiger charge is -2.17. The van der Waals surface area contributed by atoms with Gasteiger partial charge in [-0.2, -0.15) is 0 Å². The van der Waals surface area contributed by atoms with Crippen molar-refractivity contribution in [3.63, 3.8) is 0 Å². The molecule has 7 heteroatoms. The monoisotopic (exact) mass is 474 g/mol. The number of aryl methyl sites for hydroxylation is 3. The number of imidazole rings is 1. The van der Waals surface area contributed by atoms with Crippen LogP contribution in [0.1, 0.15) is 45.6 Å². The van der Waals surface area contributed by atoms with Crippen LogP contribution in [0.15, 0.2) is 67.0 Å². The van der Waals surface area contributed by atoms with Crippen molar-refractivity contribution in [2.75, 3.05) is 0 Å². The summed E-state index contributed by atoms with van der Waals surface area (Å²) in [5, 5.41) is 11.2. The molecule has 3 aromatic carbocycles. The van der Waals surface area contributed by atoms with Crippen molar-refractivity contribution in [2.24, 2.45) is 7.05 Å². The second-order valence-corrected chi connectivity index (χ2v) is 8.94. The summed E-state index contributed by atoms with van der Waals surface area (Å²) < 4.78 is 30.9. The molecule has 2 N–H and O–H groups in total. The topological polar surface area (TPSA) is 62.8 Å². The molecule has 0 radical (unpaired) electrons. The van der Waals surface area contributed by atoms with E-state index in [9.17, 15) is 13.6 Å². The Morgan fingerprint density at radius 2 is 1.77 bits per heavy atom. The highest BCUT2D eigenvalue weighted by atomic mass is 19.1. The van der Waals surface area contributed by atoms with Crippen LogP contribution in [-0.2, 0) is 13.6 Å². The highest BCUT2D eigenvalue weighted by molar-refractivity contribution is 5.96. The zero-order valence-corrected chi connectivity index (χ0v) is 20.2. The van der Waals surface area contributed by atoms with E-state index < -0.39 is 0 Å². The number of nitrogens with one attached hydrogen (secondary N) is 2. The molecule has 0 bridgehead atoms. The van der Waals surface area contributed by atoms with Crippen molar-refractivity contribution in [1.29, 1.82) is 5.41 Å². The quantitative estimate of drug-likeness (QED) is 0.386. The summed E-state index contributed by atoms with van der Waals surface area (Å²) in [5.41, 5.74) is 5.33. The zero-order valence-electron chi connectivity index (χ0n) is 20.2. The second-order valence-electron chi connectivity index (χ2n) is 8.94. The lowest BCUT2D eigenvalue weighted by molar-refractivity contribution is 0.0939. The zero-order chi connectivity index (χ0) is 25.3. The van der Waals surface area contributed by atoms with Crippen LogP contribution in [0.3, 0.4) is 0 Å². The van der Waals surface area contributed by atoms with E-state index in [1.54, 1.807) is 59.6 Å². The summed E-state index contributed by atoms with van der Waals surface area (Å²) in [7, 11) is 1.80. The molecular formula is C28H28F2N4O. The van der Waals surface area contributed by atoms with Crippen molar-refractivity contribution in [3.05, 3.63) is 112 Å². The van der Waals surface area contributed by atoms with Gasteiger partial charge in [-0.1, -0.05) is 18.2 Å². The minimum absolute atomic E-state index is 0.272. The first-order valence-electron chi connectivity index (χ1n) is 11.4. The summed E-state index contributed by atoms with van der Waals surface area (Å²) in [6.45, 7) is 5.78. The molecule has 0 aliphatic rings. The van der Waals surface area contributed by atoms with Crippen LogP contribution in [0.2, 0.25) is 0 Å². The van der Waals surface area contributed by atoms with Crippen molar-refractivity contribution >= 4 is 5.91 Å². The number of amides is 1. The number of carbonyl (C=O) groups excluding carboxylic acids is 1. The van der Waals surface area contributed by atoms with Gasteiger partial charge in [0.2, 0.25) is 5.62 Å². The number of hydrogen-bond donors (Lipinski definition) is 2. The highest BCUT2D eigenvalue weighted by Gasteiger charge is 2.16. The van der Waals surface area contributed by atoms with E-state index in [1.807, 2.05) is 26.1 Å². The molecule has 1 aromatic heterocycles. The van der Waals surface area contributed by atoms with Crippen LogP contribution in [-0.4, -0.2) is 15.0 Å². The van der Waals surface area contributed by atoms with Gasteiger partial charge in [0.15, 0.2) is 0 Å². The molecule has 180 valence electrons. The lowest BCUT2D eigenvalue weighted by Crippen LogP contribution is -2.27. The fraction of sp³-hybridized carbons (Fsp3) is 0.214. The van der Waals surface area contributed by atoms with Crippen LogP contribution in [0.25, 0.3) is 11.1 Å². The molecule has 1 heterocycles. The Morgan fingerprint density at radius 1 is 1.00 bits per heavy atom. The van der Waals surface area contributed by atoms with Gasteiger partial charge in [-0.15, -0.1) is 0 Å². The number of nitrogens with zero attached hydrogens (tertiary/aromatic N) is 2. The Bertz CT molecular complexity index is 1470. The van der Waals surface area contributed by atoms with Crippen molar-refractivity contribution in [2.45, 2.75) is 33.4 Å². The summed E-state index contributed by atoms with van der Waals surface area (Å²) >= 11 is 0. The number of benzene rings is 3. The maximum Gasteiger partial charge on any atom is 0.251 e.